The standard InChI is InChI=1S/C26H36N2O2/c1-25(2)14-19-9-23(30-4)20(15-27-3)8-21(19)22(28-25)10-24(29)26-11-16-5-17(12-26)7-18(6-16)13-26/h8-10,16-18,27-28H,5-7,11-15H2,1-4H3/b22-10-. The molecule has 4 saturated carbocycles. The van der Waals surface area contributed by atoms with E-state index in [1.807, 2.05) is 13.1 Å². The Morgan fingerprint density at radius 1 is 1.17 bits per heavy atom. The Labute approximate surface area is 180 Å². The Hall–Kier alpha value is -1.81. The van der Waals surface area contributed by atoms with Crippen LogP contribution in [0.15, 0.2) is 18.2 Å². The summed E-state index contributed by atoms with van der Waals surface area (Å²) in [5.41, 5.74) is 4.38. The van der Waals surface area contributed by atoms with Gasteiger partial charge in [-0.05, 0) is 101 Å². The number of hydrogen-bond acceptors (Lipinski definition) is 4. The monoisotopic (exact) mass is 408 g/mol. The van der Waals surface area contributed by atoms with Gasteiger partial charge in [0, 0.05) is 40.4 Å². The van der Waals surface area contributed by atoms with E-state index in [0.717, 1.165) is 67.0 Å². The van der Waals surface area contributed by atoms with E-state index in [-0.39, 0.29) is 11.0 Å². The Balaban J connectivity index is 1.53. The molecule has 0 unspecified atom stereocenters. The third-order valence-electron chi connectivity index (χ3n) is 8.11. The van der Waals surface area contributed by atoms with Crippen LogP contribution in [0.1, 0.15) is 69.1 Å². The third kappa shape index (κ3) is 3.37. The fourth-order valence-electron chi connectivity index (χ4n) is 7.35. The van der Waals surface area contributed by atoms with Gasteiger partial charge in [-0.2, -0.15) is 0 Å². The molecule has 4 bridgehead atoms. The predicted octanol–water partition coefficient (Wildman–Crippen LogP) is 4.47. The lowest BCUT2D eigenvalue weighted by atomic mass is 9.48. The molecule has 0 atom stereocenters. The summed E-state index contributed by atoms with van der Waals surface area (Å²) in [5.74, 6) is 3.65. The first kappa shape index (κ1) is 20.1. The molecule has 0 spiro atoms. The molecule has 2 N–H and O–H groups in total. The lowest BCUT2D eigenvalue weighted by Gasteiger charge is -2.55. The maximum Gasteiger partial charge on any atom is 0.163 e. The van der Waals surface area contributed by atoms with Gasteiger partial charge in [0.1, 0.15) is 5.75 Å². The fraction of sp³-hybridized carbons (Fsp3) is 0.654. The van der Waals surface area contributed by atoms with Crippen LogP contribution in [0.2, 0.25) is 0 Å². The molecule has 4 fully saturated rings. The van der Waals surface area contributed by atoms with Crippen molar-refractivity contribution in [2.75, 3.05) is 14.2 Å². The number of rotatable bonds is 5. The van der Waals surface area contributed by atoms with Gasteiger partial charge in [0.05, 0.1) is 7.11 Å². The second kappa shape index (κ2) is 7.12. The zero-order chi connectivity index (χ0) is 21.1. The van der Waals surface area contributed by atoms with Crippen molar-refractivity contribution in [3.8, 4) is 5.75 Å². The van der Waals surface area contributed by atoms with Gasteiger partial charge in [-0.25, -0.2) is 0 Å². The number of carbonyl (C=O) groups excluding carboxylic acids is 1. The zero-order valence-electron chi connectivity index (χ0n) is 18.9. The summed E-state index contributed by atoms with van der Waals surface area (Å²) in [6.45, 7) is 5.18. The van der Waals surface area contributed by atoms with Crippen LogP contribution < -0.4 is 15.4 Å². The fourth-order valence-corrected chi connectivity index (χ4v) is 7.35. The normalized spacial score (nSPS) is 34.5. The first-order chi connectivity index (χ1) is 14.3. The molecule has 1 heterocycles. The molecular weight excluding hydrogens is 372 g/mol. The number of hydrogen-bond donors (Lipinski definition) is 2. The summed E-state index contributed by atoms with van der Waals surface area (Å²) in [4.78, 5) is 13.8. The van der Waals surface area contributed by atoms with E-state index < -0.39 is 0 Å². The predicted molar refractivity (Wildman–Crippen MR) is 120 cm³/mol. The van der Waals surface area contributed by atoms with Crippen molar-refractivity contribution in [2.24, 2.45) is 23.2 Å². The largest absolute Gasteiger partial charge is 0.496 e. The number of benzene rings is 1. The number of nitrogens with one attached hydrogen (secondary N) is 2. The van der Waals surface area contributed by atoms with Crippen LogP contribution in [-0.2, 0) is 17.8 Å². The quantitative estimate of drug-likeness (QED) is 0.706. The van der Waals surface area contributed by atoms with Gasteiger partial charge < -0.3 is 15.4 Å². The molecule has 162 valence electrons. The van der Waals surface area contributed by atoms with E-state index in [4.69, 9.17) is 4.74 Å². The minimum atomic E-state index is -0.0918. The van der Waals surface area contributed by atoms with Crippen molar-refractivity contribution in [2.45, 2.75) is 70.9 Å². The highest BCUT2D eigenvalue weighted by atomic mass is 16.5. The molecule has 0 radical (unpaired) electrons. The number of methoxy groups -OCH3 is 1. The summed E-state index contributed by atoms with van der Waals surface area (Å²) in [7, 11) is 3.69. The molecular formula is C26H36N2O2. The van der Waals surface area contributed by atoms with Gasteiger partial charge in [-0.1, -0.05) is 0 Å². The first-order valence-corrected chi connectivity index (χ1v) is 11.7. The summed E-state index contributed by atoms with van der Waals surface area (Å²) < 4.78 is 5.67. The first-order valence-electron chi connectivity index (χ1n) is 11.7. The number of fused-ring (bicyclic) bond motifs is 1. The van der Waals surface area contributed by atoms with Crippen molar-refractivity contribution >= 4 is 11.5 Å². The third-order valence-corrected chi connectivity index (χ3v) is 8.11. The molecule has 6 rings (SSSR count). The molecule has 4 heteroatoms. The summed E-state index contributed by atoms with van der Waals surface area (Å²) >= 11 is 0. The second-order valence-corrected chi connectivity index (χ2v) is 11.2. The minimum Gasteiger partial charge on any atom is -0.496 e. The maximum absolute atomic E-state index is 13.8. The number of carbonyl (C=O) groups is 1. The molecule has 30 heavy (non-hydrogen) atoms. The van der Waals surface area contributed by atoms with Gasteiger partial charge >= 0.3 is 0 Å². The van der Waals surface area contributed by atoms with E-state index in [1.54, 1.807) is 7.11 Å². The van der Waals surface area contributed by atoms with Crippen molar-refractivity contribution in [3.05, 3.63) is 34.9 Å². The van der Waals surface area contributed by atoms with E-state index in [2.05, 4.69) is 36.6 Å². The van der Waals surface area contributed by atoms with Gasteiger partial charge in [-0.15, -0.1) is 0 Å². The Morgan fingerprint density at radius 3 is 2.37 bits per heavy atom. The number of allylic oxidation sites excluding steroid dienone is 1. The van der Waals surface area contributed by atoms with E-state index in [0.29, 0.717) is 5.78 Å². The van der Waals surface area contributed by atoms with Crippen LogP contribution in [0.5, 0.6) is 5.75 Å². The second-order valence-electron chi connectivity index (χ2n) is 11.2. The molecule has 0 amide bonds. The zero-order valence-corrected chi connectivity index (χ0v) is 18.9. The molecule has 1 aromatic rings. The molecule has 1 aromatic carbocycles. The minimum absolute atomic E-state index is 0.0872. The van der Waals surface area contributed by atoms with Gasteiger partial charge in [0.2, 0.25) is 0 Å². The lowest BCUT2D eigenvalue weighted by Crippen LogP contribution is -2.50. The van der Waals surface area contributed by atoms with E-state index in [1.165, 1.54) is 30.4 Å². The lowest BCUT2D eigenvalue weighted by molar-refractivity contribution is -0.138. The average Bonchev–Trinajstić information content (AvgIpc) is 2.66. The molecule has 0 aromatic heterocycles. The van der Waals surface area contributed by atoms with Crippen molar-refractivity contribution in [1.82, 2.24) is 10.6 Å². The molecule has 0 saturated heterocycles. The highest BCUT2D eigenvalue weighted by Gasteiger charge is 2.54. The summed E-state index contributed by atoms with van der Waals surface area (Å²) in [6.07, 6.45) is 10.3. The topological polar surface area (TPSA) is 50.4 Å². The Bertz CT molecular complexity index is 863. The van der Waals surface area contributed by atoms with Crippen LogP contribution in [0.3, 0.4) is 0 Å². The highest BCUT2D eigenvalue weighted by molar-refractivity contribution is 6.01. The number of ether oxygens (including phenoxy) is 1. The van der Waals surface area contributed by atoms with E-state index >= 15 is 0 Å². The SMILES string of the molecule is CNCc1cc2c(cc1OC)CC(C)(C)N/C2=C\C(=O)C12CC3CC(CC(C3)C1)C2. The van der Waals surface area contributed by atoms with Crippen LogP contribution in [-0.4, -0.2) is 25.5 Å². The summed E-state index contributed by atoms with van der Waals surface area (Å²) in [5, 5.41) is 6.94. The Kier molecular flexibility index (Phi) is 4.77. The van der Waals surface area contributed by atoms with Crippen molar-refractivity contribution in [3.63, 3.8) is 0 Å². The van der Waals surface area contributed by atoms with Crippen molar-refractivity contribution in [1.29, 1.82) is 0 Å². The summed E-state index contributed by atoms with van der Waals surface area (Å²) in [6, 6.07) is 4.39. The van der Waals surface area contributed by atoms with Crippen LogP contribution >= 0.6 is 0 Å². The molecule has 5 aliphatic rings. The average molecular weight is 409 g/mol. The Morgan fingerprint density at radius 2 is 1.80 bits per heavy atom. The van der Waals surface area contributed by atoms with E-state index in [9.17, 15) is 4.79 Å². The molecule has 4 nitrogen and oxygen atoms in total. The smallest absolute Gasteiger partial charge is 0.163 e. The van der Waals surface area contributed by atoms with Gasteiger partial charge in [0.15, 0.2) is 5.78 Å². The van der Waals surface area contributed by atoms with Crippen LogP contribution in [0, 0.1) is 23.2 Å². The van der Waals surface area contributed by atoms with Crippen LogP contribution in [0.25, 0.3) is 5.70 Å². The maximum atomic E-state index is 13.8. The van der Waals surface area contributed by atoms with Crippen molar-refractivity contribution < 1.29 is 9.53 Å². The molecule has 1 aliphatic heterocycles. The molecule has 4 aliphatic carbocycles. The van der Waals surface area contributed by atoms with Gasteiger partial charge in [-0.3, -0.25) is 4.79 Å². The van der Waals surface area contributed by atoms with Gasteiger partial charge in [0.25, 0.3) is 0 Å². The highest BCUT2D eigenvalue weighted by Crippen LogP contribution is 2.60. The number of ketones is 1. The van der Waals surface area contributed by atoms with Crippen LogP contribution in [0.4, 0.5) is 0 Å².